The van der Waals surface area contributed by atoms with Crippen molar-refractivity contribution in [1.82, 2.24) is 4.90 Å². The summed E-state index contributed by atoms with van der Waals surface area (Å²) < 4.78 is 0. The third-order valence-corrected chi connectivity index (χ3v) is 3.04. The summed E-state index contributed by atoms with van der Waals surface area (Å²) in [7, 11) is 0. The molecule has 1 aromatic rings. The molecule has 1 nitrogen and oxygen atoms in total. The van der Waals surface area contributed by atoms with Crippen LogP contribution < -0.4 is 0 Å². The van der Waals surface area contributed by atoms with Gasteiger partial charge in [0.05, 0.1) is 0 Å². The summed E-state index contributed by atoms with van der Waals surface area (Å²) in [5.74, 6) is 0. The van der Waals surface area contributed by atoms with Crippen molar-refractivity contribution < 1.29 is 0 Å². The van der Waals surface area contributed by atoms with Crippen molar-refractivity contribution in [2.24, 2.45) is 0 Å². The van der Waals surface area contributed by atoms with Crippen LogP contribution in [0.1, 0.15) is 25.5 Å². The average molecular weight is 187 g/mol. The normalized spacial score (nSPS) is 25.9. The van der Waals surface area contributed by atoms with Crippen LogP contribution in [0.5, 0.6) is 0 Å². The van der Waals surface area contributed by atoms with E-state index in [1.165, 1.54) is 5.56 Å². The van der Waals surface area contributed by atoms with E-state index in [1.807, 2.05) is 6.08 Å². The van der Waals surface area contributed by atoms with Gasteiger partial charge in [-0.05, 0) is 19.4 Å². The van der Waals surface area contributed by atoms with Crippen molar-refractivity contribution in [2.75, 3.05) is 6.54 Å². The first kappa shape index (κ1) is 9.47. The van der Waals surface area contributed by atoms with Crippen LogP contribution >= 0.6 is 0 Å². The second kappa shape index (κ2) is 3.25. The van der Waals surface area contributed by atoms with Gasteiger partial charge in [-0.25, -0.2) is 0 Å². The Morgan fingerprint density at radius 2 is 2.00 bits per heavy atom. The molecule has 0 aromatic heterocycles. The zero-order valence-corrected chi connectivity index (χ0v) is 8.90. The van der Waals surface area contributed by atoms with Gasteiger partial charge in [-0.1, -0.05) is 36.4 Å². The highest BCUT2D eigenvalue weighted by atomic mass is 15.3. The maximum absolute atomic E-state index is 3.88. The van der Waals surface area contributed by atoms with Crippen LogP contribution in [-0.2, 0) is 0 Å². The Labute approximate surface area is 86.1 Å². The highest BCUT2D eigenvalue weighted by Gasteiger charge is 2.43. The lowest BCUT2D eigenvalue weighted by molar-refractivity contribution is 0.328. The summed E-state index contributed by atoms with van der Waals surface area (Å²) in [6.07, 6.45) is 2.02. The lowest BCUT2D eigenvalue weighted by atomic mass is 10.1. The van der Waals surface area contributed by atoms with Crippen molar-refractivity contribution in [1.29, 1.82) is 0 Å². The molecule has 1 saturated heterocycles. The van der Waals surface area contributed by atoms with E-state index >= 15 is 0 Å². The zero-order valence-electron chi connectivity index (χ0n) is 8.90. The number of hydrogen-bond acceptors (Lipinski definition) is 1. The second-order valence-electron chi connectivity index (χ2n) is 4.44. The van der Waals surface area contributed by atoms with Crippen molar-refractivity contribution in [3.63, 3.8) is 0 Å². The number of rotatable bonds is 3. The van der Waals surface area contributed by atoms with E-state index in [9.17, 15) is 0 Å². The molecule has 0 amide bonds. The molecule has 0 aliphatic carbocycles. The maximum atomic E-state index is 3.88. The average Bonchev–Trinajstić information content (AvgIpc) is 2.99. The summed E-state index contributed by atoms with van der Waals surface area (Å²) in [6, 6.07) is 11.3. The molecular formula is C13H17N. The summed E-state index contributed by atoms with van der Waals surface area (Å²) in [6.45, 7) is 9.46. The summed E-state index contributed by atoms with van der Waals surface area (Å²) in [5, 5.41) is 0. The predicted octanol–water partition coefficient (Wildman–Crippen LogP) is 3.01. The van der Waals surface area contributed by atoms with Crippen molar-refractivity contribution >= 4 is 0 Å². The fraction of sp³-hybridized carbons (Fsp3) is 0.385. The SMILES string of the molecule is C=CC(C)(C)N1CC1c1ccccc1. The lowest BCUT2D eigenvalue weighted by Crippen LogP contribution is -2.27. The first-order chi connectivity index (χ1) is 6.65. The van der Waals surface area contributed by atoms with Gasteiger partial charge in [-0.2, -0.15) is 0 Å². The highest BCUT2D eigenvalue weighted by molar-refractivity contribution is 5.26. The fourth-order valence-corrected chi connectivity index (χ4v) is 1.85. The maximum Gasteiger partial charge on any atom is 0.0484 e. The molecule has 1 fully saturated rings. The smallest absolute Gasteiger partial charge is 0.0484 e. The van der Waals surface area contributed by atoms with Crippen molar-refractivity contribution in [2.45, 2.75) is 25.4 Å². The Morgan fingerprint density at radius 1 is 1.36 bits per heavy atom. The Morgan fingerprint density at radius 3 is 2.57 bits per heavy atom. The molecule has 1 heteroatoms. The molecule has 1 heterocycles. The first-order valence-electron chi connectivity index (χ1n) is 5.10. The van der Waals surface area contributed by atoms with Crippen LogP contribution in [0.3, 0.4) is 0 Å². The van der Waals surface area contributed by atoms with E-state index in [2.05, 4.69) is 55.7 Å². The molecule has 1 aliphatic heterocycles. The molecule has 2 atom stereocenters. The fourth-order valence-electron chi connectivity index (χ4n) is 1.85. The van der Waals surface area contributed by atoms with Gasteiger partial charge >= 0.3 is 0 Å². The van der Waals surface area contributed by atoms with Crippen LogP contribution in [0.2, 0.25) is 0 Å². The topological polar surface area (TPSA) is 3.01 Å². The quantitative estimate of drug-likeness (QED) is 0.519. The van der Waals surface area contributed by atoms with Gasteiger partial charge in [-0.3, -0.25) is 4.90 Å². The standard InChI is InChI=1S/C13H17N/c1-4-13(2,3)14-10-12(14)11-8-6-5-7-9-11/h4-9,12H,1,10H2,2-3H3. The molecule has 0 saturated carbocycles. The van der Waals surface area contributed by atoms with Gasteiger partial charge in [0, 0.05) is 18.1 Å². The number of benzene rings is 1. The second-order valence-corrected chi connectivity index (χ2v) is 4.44. The molecule has 0 radical (unpaired) electrons. The van der Waals surface area contributed by atoms with Gasteiger partial charge < -0.3 is 0 Å². The number of hydrogen-bond donors (Lipinski definition) is 0. The molecule has 0 bridgehead atoms. The number of nitrogens with zero attached hydrogens (tertiary/aromatic N) is 1. The van der Waals surface area contributed by atoms with Crippen LogP contribution in [0.15, 0.2) is 43.0 Å². The Bertz CT molecular complexity index is 326. The molecule has 1 aliphatic rings. The van der Waals surface area contributed by atoms with E-state index in [0.29, 0.717) is 6.04 Å². The van der Waals surface area contributed by atoms with E-state index in [0.717, 1.165) is 6.54 Å². The summed E-state index contributed by atoms with van der Waals surface area (Å²) in [5.41, 5.74) is 1.54. The molecule has 0 spiro atoms. The third kappa shape index (κ3) is 1.60. The highest BCUT2D eigenvalue weighted by Crippen LogP contribution is 2.41. The van der Waals surface area contributed by atoms with E-state index in [4.69, 9.17) is 0 Å². The minimum absolute atomic E-state index is 0.126. The van der Waals surface area contributed by atoms with Gasteiger partial charge in [0.15, 0.2) is 0 Å². The molecule has 74 valence electrons. The van der Waals surface area contributed by atoms with Gasteiger partial charge in [-0.15, -0.1) is 6.58 Å². The molecule has 2 rings (SSSR count). The Kier molecular flexibility index (Phi) is 2.20. The first-order valence-corrected chi connectivity index (χ1v) is 5.10. The predicted molar refractivity (Wildman–Crippen MR) is 60.2 cm³/mol. The molecule has 0 N–H and O–H groups in total. The minimum atomic E-state index is 0.126. The zero-order chi connectivity index (χ0) is 10.2. The van der Waals surface area contributed by atoms with E-state index in [-0.39, 0.29) is 5.54 Å². The lowest BCUT2D eigenvalue weighted by Gasteiger charge is -2.22. The summed E-state index contributed by atoms with van der Waals surface area (Å²) >= 11 is 0. The van der Waals surface area contributed by atoms with Gasteiger partial charge in [0.25, 0.3) is 0 Å². The van der Waals surface area contributed by atoms with Crippen LogP contribution in [0, 0.1) is 0 Å². The van der Waals surface area contributed by atoms with Crippen LogP contribution in [0.25, 0.3) is 0 Å². The molecule has 1 aromatic carbocycles. The van der Waals surface area contributed by atoms with E-state index in [1.54, 1.807) is 0 Å². The van der Waals surface area contributed by atoms with Gasteiger partial charge in [0.1, 0.15) is 0 Å². The monoisotopic (exact) mass is 187 g/mol. The molecule has 2 unspecified atom stereocenters. The minimum Gasteiger partial charge on any atom is -0.285 e. The molecular weight excluding hydrogens is 170 g/mol. The molecule has 14 heavy (non-hydrogen) atoms. The Balaban J connectivity index is 2.10. The van der Waals surface area contributed by atoms with Crippen LogP contribution in [0.4, 0.5) is 0 Å². The van der Waals surface area contributed by atoms with E-state index < -0.39 is 0 Å². The van der Waals surface area contributed by atoms with Crippen LogP contribution in [-0.4, -0.2) is 17.0 Å². The van der Waals surface area contributed by atoms with Gasteiger partial charge in [0.2, 0.25) is 0 Å². The van der Waals surface area contributed by atoms with Crippen molar-refractivity contribution in [3.05, 3.63) is 48.6 Å². The van der Waals surface area contributed by atoms with Crippen molar-refractivity contribution in [3.8, 4) is 0 Å². The third-order valence-electron chi connectivity index (χ3n) is 3.04. The largest absolute Gasteiger partial charge is 0.285 e. The Hall–Kier alpha value is -1.08. The summed E-state index contributed by atoms with van der Waals surface area (Å²) in [4.78, 5) is 2.45.